The summed E-state index contributed by atoms with van der Waals surface area (Å²) in [7, 11) is 0. The summed E-state index contributed by atoms with van der Waals surface area (Å²) in [5, 5.41) is 9.08. The van der Waals surface area contributed by atoms with Gasteiger partial charge >= 0.3 is 5.97 Å². The Labute approximate surface area is 107 Å². The van der Waals surface area contributed by atoms with E-state index in [4.69, 9.17) is 5.11 Å². The number of fused-ring (bicyclic) bond motifs is 1. The Morgan fingerprint density at radius 1 is 1.65 bits per heavy atom. The number of hydrogen-bond acceptors (Lipinski definition) is 5. The van der Waals surface area contributed by atoms with Crippen LogP contribution in [-0.2, 0) is 14.4 Å². The van der Waals surface area contributed by atoms with Gasteiger partial charge in [-0.05, 0) is 0 Å². The molecule has 2 fully saturated rings. The van der Waals surface area contributed by atoms with E-state index in [0.29, 0.717) is 17.1 Å². The van der Waals surface area contributed by atoms with Crippen LogP contribution in [0.5, 0.6) is 0 Å². The molecule has 0 radical (unpaired) electrons. The average molecular weight is 273 g/mol. The van der Waals surface area contributed by atoms with E-state index in [2.05, 4.69) is 0 Å². The van der Waals surface area contributed by atoms with Gasteiger partial charge in [-0.15, -0.1) is 11.8 Å². The summed E-state index contributed by atoms with van der Waals surface area (Å²) >= 11 is 2.54. The number of thioether (sulfide) groups is 2. The molecule has 2 unspecified atom stereocenters. The zero-order valence-electron chi connectivity index (χ0n) is 9.08. The van der Waals surface area contributed by atoms with E-state index in [9.17, 15) is 14.4 Å². The minimum Gasteiger partial charge on any atom is -0.479 e. The number of carbonyl (C=O) groups excluding carboxylic acids is 2. The maximum atomic E-state index is 11.3. The second kappa shape index (κ2) is 4.73. The van der Waals surface area contributed by atoms with E-state index in [1.54, 1.807) is 6.08 Å². The Balaban J connectivity index is 2.09. The van der Waals surface area contributed by atoms with Gasteiger partial charge in [0.25, 0.3) is 0 Å². The van der Waals surface area contributed by atoms with Gasteiger partial charge in [0.2, 0.25) is 5.91 Å². The first-order chi connectivity index (χ1) is 8.00. The van der Waals surface area contributed by atoms with Crippen LogP contribution >= 0.6 is 23.5 Å². The Morgan fingerprint density at radius 2 is 2.35 bits per heavy atom. The van der Waals surface area contributed by atoms with E-state index in [0.717, 1.165) is 11.8 Å². The third-order valence-corrected chi connectivity index (χ3v) is 4.64. The fourth-order valence-corrected chi connectivity index (χ4v) is 3.83. The van der Waals surface area contributed by atoms with Crippen molar-refractivity contribution in [3.05, 3.63) is 11.0 Å². The molecular formula is C10H11NO4S2. The van der Waals surface area contributed by atoms with Crippen molar-refractivity contribution >= 4 is 40.5 Å². The third kappa shape index (κ3) is 2.35. The van der Waals surface area contributed by atoms with Gasteiger partial charge in [0.05, 0.1) is 11.8 Å². The zero-order chi connectivity index (χ0) is 12.6. The van der Waals surface area contributed by atoms with Crippen molar-refractivity contribution in [3.8, 4) is 0 Å². The SMILES string of the molecule is CC(=O)SC/C=C1\SC2CC(=O)N2C1C(=O)O. The van der Waals surface area contributed by atoms with Crippen molar-refractivity contribution in [2.45, 2.75) is 24.8 Å². The number of carboxylic acids is 1. The minimum atomic E-state index is -1.01. The number of β-lactam (4-membered cyclic amide) rings is 1. The lowest BCUT2D eigenvalue weighted by Gasteiger charge is -2.35. The highest BCUT2D eigenvalue weighted by Gasteiger charge is 2.52. The summed E-state index contributed by atoms with van der Waals surface area (Å²) in [6, 6.07) is -0.848. The monoisotopic (exact) mass is 273 g/mol. The van der Waals surface area contributed by atoms with Crippen molar-refractivity contribution in [1.29, 1.82) is 0 Å². The molecule has 0 bridgehead atoms. The number of hydrogen-bond donors (Lipinski definition) is 1. The molecule has 1 amide bonds. The standard InChI is InChI=1S/C10H11NO4S2/c1-5(12)16-3-2-6-9(10(14)15)11-7(13)4-8(11)17-6/h2,8-9H,3-4H2,1H3,(H,14,15)/b6-2-. The Hall–Kier alpha value is -0.950. The number of aliphatic carboxylic acids is 1. The van der Waals surface area contributed by atoms with Gasteiger partial charge in [-0.1, -0.05) is 17.8 Å². The van der Waals surface area contributed by atoms with Crippen LogP contribution in [-0.4, -0.2) is 44.2 Å². The predicted molar refractivity (Wildman–Crippen MR) is 65.5 cm³/mol. The van der Waals surface area contributed by atoms with Crippen LogP contribution in [0.3, 0.4) is 0 Å². The summed E-state index contributed by atoms with van der Waals surface area (Å²) in [4.78, 5) is 35.3. The normalized spacial score (nSPS) is 29.1. The first-order valence-corrected chi connectivity index (χ1v) is 6.91. The molecule has 7 heteroatoms. The van der Waals surface area contributed by atoms with Gasteiger partial charge in [0, 0.05) is 17.6 Å². The molecule has 0 aromatic heterocycles. The van der Waals surface area contributed by atoms with Gasteiger partial charge < -0.3 is 10.0 Å². The van der Waals surface area contributed by atoms with E-state index >= 15 is 0 Å². The summed E-state index contributed by atoms with van der Waals surface area (Å²) in [5.74, 6) is -0.666. The maximum Gasteiger partial charge on any atom is 0.331 e. The number of amides is 1. The Bertz CT molecular complexity index is 421. The molecule has 0 aliphatic carbocycles. The molecule has 2 heterocycles. The number of rotatable bonds is 3. The molecule has 0 saturated carbocycles. The van der Waals surface area contributed by atoms with Crippen LogP contribution in [0.4, 0.5) is 0 Å². The second-order valence-electron chi connectivity index (χ2n) is 3.73. The van der Waals surface area contributed by atoms with Gasteiger partial charge in [-0.3, -0.25) is 9.59 Å². The fourth-order valence-electron chi connectivity index (χ4n) is 1.81. The molecule has 2 aliphatic heterocycles. The van der Waals surface area contributed by atoms with Crippen molar-refractivity contribution < 1.29 is 19.5 Å². The van der Waals surface area contributed by atoms with Crippen molar-refractivity contribution in [2.24, 2.45) is 0 Å². The summed E-state index contributed by atoms with van der Waals surface area (Å²) < 4.78 is 0. The van der Waals surface area contributed by atoms with Crippen LogP contribution in [0.25, 0.3) is 0 Å². The summed E-state index contributed by atoms with van der Waals surface area (Å²) in [6.45, 7) is 1.47. The van der Waals surface area contributed by atoms with Crippen LogP contribution in [0.1, 0.15) is 13.3 Å². The predicted octanol–water partition coefficient (Wildman–Crippen LogP) is 0.908. The first kappa shape index (κ1) is 12.5. The van der Waals surface area contributed by atoms with Crippen LogP contribution in [0, 0.1) is 0 Å². The molecule has 0 aromatic rings. The molecule has 0 aromatic carbocycles. The Morgan fingerprint density at radius 3 is 2.88 bits per heavy atom. The molecule has 2 saturated heterocycles. The number of nitrogens with zero attached hydrogens (tertiary/aromatic N) is 1. The van der Waals surface area contributed by atoms with Crippen molar-refractivity contribution in [3.63, 3.8) is 0 Å². The summed E-state index contributed by atoms with van der Waals surface area (Å²) in [6.07, 6.45) is 2.15. The molecule has 2 atom stereocenters. The molecule has 2 aliphatic rings. The quantitative estimate of drug-likeness (QED) is 0.770. The van der Waals surface area contributed by atoms with Gasteiger partial charge in [0.15, 0.2) is 11.2 Å². The molecule has 92 valence electrons. The average Bonchev–Trinajstić information content (AvgIpc) is 2.50. The number of carbonyl (C=O) groups is 3. The first-order valence-electron chi connectivity index (χ1n) is 5.04. The van der Waals surface area contributed by atoms with Crippen LogP contribution in [0.15, 0.2) is 11.0 Å². The van der Waals surface area contributed by atoms with E-state index < -0.39 is 12.0 Å². The fraction of sp³-hybridized carbons (Fsp3) is 0.500. The van der Waals surface area contributed by atoms with Crippen LogP contribution in [0.2, 0.25) is 0 Å². The summed E-state index contributed by atoms with van der Waals surface area (Å²) in [5.41, 5.74) is 0. The minimum absolute atomic E-state index is 0.00363. The number of carboxylic acid groups (broad SMARTS) is 1. The van der Waals surface area contributed by atoms with Gasteiger partial charge in [-0.25, -0.2) is 4.79 Å². The highest BCUT2D eigenvalue weighted by atomic mass is 32.2. The molecule has 1 N–H and O–H groups in total. The largest absolute Gasteiger partial charge is 0.479 e. The second-order valence-corrected chi connectivity index (χ2v) is 6.18. The lowest BCUT2D eigenvalue weighted by molar-refractivity contribution is -0.154. The molecule has 5 nitrogen and oxygen atoms in total. The van der Waals surface area contributed by atoms with Crippen molar-refractivity contribution in [2.75, 3.05) is 5.75 Å². The molecule has 2 rings (SSSR count). The lowest BCUT2D eigenvalue weighted by Crippen LogP contribution is -2.53. The van der Waals surface area contributed by atoms with Crippen molar-refractivity contribution in [1.82, 2.24) is 4.90 Å². The van der Waals surface area contributed by atoms with Crippen LogP contribution < -0.4 is 0 Å². The zero-order valence-corrected chi connectivity index (χ0v) is 10.7. The van der Waals surface area contributed by atoms with E-state index in [1.165, 1.54) is 23.6 Å². The maximum absolute atomic E-state index is 11.3. The highest BCUT2D eigenvalue weighted by Crippen LogP contribution is 2.46. The van der Waals surface area contributed by atoms with Gasteiger partial charge in [-0.2, -0.15) is 0 Å². The molecule has 0 spiro atoms. The van der Waals surface area contributed by atoms with E-state index in [1.807, 2.05) is 0 Å². The molecular weight excluding hydrogens is 262 g/mol. The third-order valence-electron chi connectivity index (χ3n) is 2.57. The Kier molecular flexibility index (Phi) is 3.48. The topological polar surface area (TPSA) is 74.7 Å². The smallest absolute Gasteiger partial charge is 0.331 e. The van der Waals surface area contributed by atoms with E-state index in [-0.39, 0.29) is 16.4 Å². The van der Waals surface area contributed by atoms with Gasteiger partial charge in [0.1, 0.15) is 0 Å². The molecule has 17 heavy (non-hydrogen) atoms. The highest BCUT2D eigenvalue weighted by molar-refractivity contribution is 8.13. The lowest BCUT2D eigenvalue weighted by atomic mass is 10.1.